The molecule has 0 unspecified atom stereocenters. The zero-order valence-corrected chi connectivity index (χ0v) is 20.2. The lowest BCUT2D eigenvalue weighted by Gasteiger charge is -2.45. The van der Waals surface area contributed by atoms with Crippen LogP contribution in [0.25, 0.3) is 10.8 Å². The van der Waals surface area contributed by atoms with Crippen LogP contribution in [-0.4, -0.2) is 66.8 Å². The summed E-state index contributed by atoms with van der Waals surface area (Å²) in [6.07, 6.45) is -5.89. The fourth-order valence-corrected chi connectivity index (χ4v) is 4.40. The quantitative estimate of drug-likeness (QED) is 0.467. The van der Waals surface area contributed by atoms with Gasteiger partial charge in [0.2, 0.25) is 0 Å². The molecule has 2 aliphatic heterocycles. The van der Waals surface area contributed by atoms with Gasteiger partial charge in [0.1, 0.15) is 18.5 Å². The second-order valence-corrected chi connectivity index (χ2v) is 8.42. The molecule has 11 nitrogen and oxygen atoms in total. The Morgan fingerprint density at radius 3 is 2.08 bits per heavy atom. The smallest absolute Gasteiger partial charge is 0.303 e. The highest BCUT2D eigenvalue weighted by atomic mass is 16.7. The summed E-state index contributed by atoms with van der Waals surface area (Å²) in [5.41, 5.74) is 1.41. The minimum atomic E-state index is -1.27. The third-order valence-corrected chi connectivity index (χ3v) is 5.65. The second-order valence-electron chi connectivity index (χ2n) is 8.42. The van der Waals surface area contributed by atoms with Crippen LogP contribution in [0.2, 0.25) is 0 Å². The topological polar surface area (TPSA) is 139 Å². The maximum Gasteiger partial charge on any atom is 0.303 e. The van der Waals surface area contributed by atoms with Crippen molar-refractivity contribution in [2.75, 3.05) is 11.9 Å². The Kier molecular flexibility index (Phi) is 7.20. The molecule has 11 heteroatoms. The first-order valence-electron chi connectivity index (χ1n) is 11.3. The maximum atomic E-state index is 12.1. The molecular formula is C25H26N2O9. The fourth-order valence-electron chi connectivity index (χ4n) is 4.40. The van der Waals surface area contributed by atoms with Crippen LogP contribution in [0.4, 0.5) is 11.4 Å². The summed E-state index contributed by atoms with van der Waals surface area (Å²) in [5.74, 6) is -2.38. The highest BCUT2D eigenvalue weighted by Gasteiger charge is 2.54. The van der Waals surface area contributed by atoms with E-state index in [2.05, 4.69) is 5.32 Å². The van der Waals surface area contributed by atoms with Crippen LogP contribution >= 0.6 is 0 Å². The summed E-state index contributed by atoms with van der Waals surface area (Å²) < 4.78 is 27.8. The van der Waals surface area contributed by atoms with Crippen molar-refractivity contribution in [3.8, 4) is 0 Å². The van der Waals surface area contributed by atoms with Crippen molar-refractivity contribution >= 4 is 51.9 Å². The third-order valence-electron chi connectivity index (χ3n) is 5.65. The van der Waals surface area contributed by atoms with E-state index in [1.165, 1.54) is 27.7 Å². The Labute approximate surface area is 206 Å². The Morgan fingerprint density at radius 1 is 0.833 bits per heavy atom. The van der Waals surface area contributed by atoms with E-state index in [1.807, 2.05) is 36.4 Å². The molecule has 1 fully saturated rings. The van der Waals surface area contributed by atoms with Gasteiger partial charge in [-0.15, -0.1) is 0 Å². The van der Waals surface area contributed by atoms with Gasteiger partial charge < -0.3 is 29.0 Å². The van der Waals surface area contributed by atoms with Gasteiger partial charge in [0.05, 0.1) is 5.69 Å². The number of rotatable bonds is 6. The Hall–Kier alpha value is -3.99. The van der Waals surface area contributed by atoms with E-state index in [1.54, 1.807) is 0 Å². The number of amidine groups is 1. The summed E-state index contributed by atoms with van der Waals surface area (Å²) >= 11 is 0. The molecule has 1 N–H and O–H groups in total. The Morgan fingerprint density at radius 2 is 1.44 bits per heavy atom. The Bertz CT molecular complexity index is 1240. The summed E-state index contributed by atoms with van der Waals surface area (Å²) in [6.45, 7) is 4.45. The van der Waals surface area contributed by atoms with Gasteiger partial charge in [0.15, 0.2) is 24.4 Å². The standard InChI is InChI=1S/C25H26N2O9/c1-12(28)32-11-19-21(33-13(2)29)22(34-14(3)30)23(35-15(4)31)24(36-19)25-26-17-9-5-7-16-8-6-10-18(27-25)20(16)17/h5-10,19,21-24H,11H2,1-4H3,(H,26,27)/t19-,21-,22+,23-,24+/m1/s1. The molecule has 0 spiro atoms. The molecular weight excluding hydrogens is 472 g/mol. The molecule has 4 rings (SSSR count). The first-order chi connectivity index (χ1) is 17.1. The molecule has 0 amide bonds. The normalized spacial score (nSPS) is 24.7. The minimum Gasteiger partial charge on any atom is -0.463 e. The summed E-state index contributed by atoms with van der Waals surface area (Å²) in [6, 6.07) is 11.4. The van der Waals surface area contributed by atoms with Crippen molar-refractivity contribution in [1.29, 1.82) is 0 Å². The van der Waals surface area contributed by atoms with Crippen molar-refractivity contribution in [1.82, 2.24) is 0 Å². The van der Waals surface area contributed by atoms with Crippen molar-refractivity contribution in [2.24, 2.45) is 4.99 Å². The number of hydrogen-bond acceptors (Lipinski definition) is 11. The molecule has 190 valence electrons. The number of benzene rings is 2. The molecule has 36 heavy (non-hydrogen) atoms. The van der Waals surface area contributed by atoms with Gasteiger partial charge in [-0.25, -0.2) is 4.99 Å². The number of carbonyl (C=O) groups excluding carboxylic acids is 4. The number of aliphatic imine (C=N–C) groups is 1. The van der Waals surface area contributed by atoms with Crippen molar-refractivity contribution in [3.05, 3.63) is 36.4 Å². The fraction of sp³-hybridized carbons (Fsp3) is 0.400. The molecule has 2 aromatic rings. The van der Waals surface area contributed by atoms with Crippen LogP contribution in [0, 0.1) is 0 Å². The van der Waals surface area contributed by atoms with E-state index in [-0.39, 0.29) is 12.4 Å². The average Bonchev–Trinajstić information content (AvgIpc) is 2.80. The molecule has 2 aromatic carbocycles. The van der Waals surface area contributed by atoms with Crippen molar-refractivity contribution in [2.45, 2.75) is 58.2 Å². The van der Waals surface area contributed by atoms with Gasteiger partial charge in [0.25, 0.3) is 0 Å². The van der Waals surface area contributed by atoms with E-state index < -0.39 is 54.4 Å². The number of nitrogens with zero attached hydrogens (tertiary/aromatic N) is 1. The number of ether oxygens (including phenoxy) is 5. The molecule has 2 aliphatic rings. The lowest BCUT2D eigenvalue weighted by Crippen LogP contribution is -2.64. The predicted molar refractivity (Wildman–Crippen MR) is 127 cm³/mol. The molecule has 0 saturated carbocycles. The molecule has 1 saturated heterocycles. The molecule has 0 aromatic heterocycles. The van der Waals surface area contributed by atoms with Crippen LogP contribution in [-0.2, 0) is 42.9 Å². The molecule has 2 heterocycles. The predicted octanol–water partition coefficient (Wildman–Crippen LogP) is 2.42. The van der Waals surface area contributed by atoms with E-state index in [0.717, 1.165) is 16.5 Å². The first kappa shape index (κ1) is 25.1. The highest BCUT2D eigenvalue weighted by Crippen LogP contribution is 2.38. The number of carbonyl (C=O) groups is 4. The Balaban J connectivity index is 1.80. The maximum absolute atomic E-state index is 12.1. The van der Waals surface area contributed by atoms with Crippen LogP contribution < -0.4 is 5.32 Å². The zero-order valence-electron chi connectivity index (χ0n) is 20.2. The van der Waals surface area contributed by atoms with Crippen molar-refractivity contribution in [3.63, 3.8) is 0 Å². The lowest BCUT2D eigenvalue weighted by atomic mass is 9.92. The number of esters is 4. The van der Waals surface area contributed by atoms with E-state index in [9.17, 15) is 19.2 Å². The average molecular weight is 498 g/mol. The molecule has 0 aliphatic carbocycles. The number of anilines is 1. The van der Waals surface area contributed by atoms with Gasteiger partial charge in [-0.3, -0.25) is 19.2 Å². The van der Waals surface area contributed by atoms with Crippen LogP contribution in [0.1, 0.15) is 27.7 Å². The summed E-state index contributed by atoms with van der Waals surface area (Å²) in [7, 11) is 0. The number of nitrogens with one attached hydrogen (secondary N) is 1. The van der Waals surface area contributed by atoms with Crippen molar-refractivity contribution < 1.29 is 42.9 Å². The molecule has 5 atom stereocenters. The van der Waals surface area contributed by atoms with E-state index >= 15 is 0 Å². The summed E-state index contributed by atoms with van der Waals surface area (Å²) in [5, 5.41) is 5.10. The second kappa shape index (κ2) is 10.3. The monoisotopic (exact) mass is 498 g/mol. The van der Waals surface area contributed by atoms with Gasteiger partial charge in [-0.05, 0) is 17.5 Å². The number of hydrogen-bond donors (Lipinski definition) is 1. The highest BCUT2D eigenvalue weighted by molar-refractivity contribution is 6.15. The van der Waals surface area contributed by atoms with Gasteiger partial charge >= 0.3 is 23.9 Å². The summed E-state index contributed by atoms with van der Waals surface area (Å²) in [4.78, 5) is 52.3. The SMILES string of the molecule is CC(=O)OC[C@H]1O[C@H](C2=Nc3cccc4cccc(c34)N2)[C@H](OC(C)=O)[C@@H](OC(C)=O)[C@@H]1OC(C)=O. The van der Waals surface area contributed by atoms with Crippen LogP contribution in [0.3, 0.4) is 0 Å². The van der Waals surface area contributed by atoms with E-state index in [4.69, 9.17) is 28.7 Å². The largest absolute Gasteiger partial charge is 0.463 e. The van der Waals surface area contributed by atoms with Gasteiger partial charge in [-0.2, -0.15) is 0 Å². The van der Waals surface area contributed by atoms with E-state index in [0.29, 0.717) is 5.69 Å². The zero-order chi connectivity index (χ0) is 26.0. The molecule has 0 radical (unpaired) electrons. The van der Waals surface area contributed by atoms with Gasteiger partial charge in [-0.1, -0.05) is 24.3 Å². The molecule has 0 bridgehead atoms. The minimum absolute atomic E-state index is 0.277. The van der Waals surface area contributed by atoms with Crippen LogP contribution in [0.15, 0.2) is 41.4 Å². The first-order valence-corrected chi connectivity index (χ1v) is 11.3. The third kappa shape index (κ3) is 5.30. The van der Waals surface area contributed by atoms with Crippen LogP contribution in [0.5, 0.6) is 0 Å². The lowest BCUT2D eigenvalue weighted by molar-refractivity contribution is -0.241. The van der Waals surface area contributed by atoms with Gasteiger partial charge in [0, 0.05) is 38.8 Å².